The molecular formula is C22H32N4O3. The molecule has 1 aliphatic heterocycles. The lowest BCUT2D eigenvalue weighted by molar-refractivity contribution is 0.124. The summed E-state index contributed by atoms with van der Waals surface area (Å²) in [4.78, 5) is 30.8. The first-order valence-corrected chi connectivity index (χ1v) is 11.0. The van der Waals surface area contributed by atoms with Crippen LogP contribution in [0.5, 0.6) is 0 Å². The summed E-state index contributed by atoms with van der Waals surface area (Å²) in [5, 5.41) is 9.26. The number of hydrogen-bond donors (Lipinski definition) is 2. The molecule has 1 aromatic carbocycles. The van der Waals surface area contributed by atoms with Gasteiger partial charge in [-0.1, -0.05) is 38.2 Å². The van der Waals surface area contributed by atoms with Crippen LogP contribution in [-0.4, -0.2) is 69.8 Å². The van der Waals surface area contributed by atoms with Gasteiger partial charge in [-0.25, -0.2) is 9.59 Å². The van der Waals surface area contributed by atoms with Gasteiger partial charge in [0.15, 0.2) is 0 Å². The molecule has 0 radical (unpaired) electrons. The molecule has 0 atom stereocenters. The Morgan fingerprint density at radius 1 is 1.03 bits per heavy atom. The lowest BCUT2D eigenvalue weighted by atomic mass is 9.87. The minimum absolute atomic E-state index is 0.438. The second-order valence-electron chi connectivity index (χ2n) is 8.63. The molecule has 2 heterocycles. The van der Waals surface area contributed by atoms with E-state index in [0.717, 1.165) is 55.2 Å². The average Bonchev–Trinajstić information content (AvgIpc) is 3.07. The van der Waals surface area contributed by atoms with Crippen molar-refractivity contribution in [1.29, 1.82) is 0 Å². The zero-order valence-electron chi connectivity index (χ0n) is 17.1. The molecule has 1 saturated heterocycles. The smallest absolute Gasteiger partial charge is 0.420 e. The minimum atomic E-state index is -1.25. The average molecular weight is 401 g/mol. The number of aromatic amines is 1. The van der Waals surface area contributed by atoms with Crippen molar-refractivity contribution in [2.75, 3.05) is 39.3 Å². The van der Waals surface area contributed by atoms with E-state index in [2.05, 4.69) is 14.8 Å². The maximum absolute atomic E-state index is 11.8. The van der Waals surface area contributed by atoms with E-state index in [-0.39, 0.29) is 0 Å². The van der Waals surface area contributed by atoms with Gasteiger partial charge in [-0.3, -0.25) is 0 Å². The third kappa shape index (κ3) is 4.90. The van der Waals surface area contributed by atoms with Crippen molar-refractivity contribution in [2.24, 2.45) is 5.92 Å². The number of hydrogen-bond acceptors (Lipinski definition) is 4. The van der Waals surface area contributed by atoms with Gasteiger partial charge in [0.1, 0.15) is 0 Å². The molecule has 2 N–H and O–H groups in total. The summed E-state index contributed by atoms with van der Waals surface area (Å²) in [6.07, 6.45) is 8.12. The molecule has 158 valence electrons. The molecule has 1 aliphatic carbocycles. The fraction of sp³-hybridized carbons (Fsp3) is 0.636. The Balaban J connectivity index is 1.25. The van der Waals surface area contributed by atoms with Crippen LogP contribution in [0.25, 0.3) is 11.0 Å². The highest BCUT2D eigenvalue weighted by Crippen LogP contribution is 2.26. The number of benzene rings is 1. The normalized spacial score (nSPS) is 19.7. The molecule has 2 aromatic rings. The maximum Gasteiger partial charge on any atom is 0.420 e. The van der Waals surface area contributed by atoms with Crippen LogP contribution in [0.2, 0.25) is 0 Å². The summed E-state index contributed by atoms with van der Waals surface area (Å²) in [7, 11) is 0. The van der Waals surface area contributed by atoms with Crippen molar-refractivity contribution in [3.05, 3.63) is 34.2 Å². The number of rotatable bonds is 6. The first kappa shape index (κ1) is 20.2. The first-order valence-electron chi connectivity index (χ1n) is 11.0. The standard InChI is InChI=1S/C22H32N4O3/c27-21-23-19-7-6-18(16-20(19)26(21)22(28)29)9-11-25-14-12-24(13-15-25)10-8-17-4-2-1-3-5-17/h6-7,16-17H,1-5,8-15H2,(H,23,27)(H,28,29). The van der Waals surface area contributed by atoms with E-state index < -0.39 is 11.8 Å². The summed E-state index contributed by atoms with van der Waals surface area (Å²) in [5.74, 6) is 0.952. The maximum atomic E-state index is 11.8. The number of carbonyl (C=O) groups is 1. The topological polar surface area (TPSA) is 81.6 Å². The SMILES string of the molecule is O=C(O)n1c(=O)[nH]c2ccc(CCN3CCN(CCC4CCCCC4)CC3)cc21. The fourth-order valence-corrected chi connectivity index (χ4v) is 4.86. The number of nitrogens with zero attached hydrogens (tertiary/aromatic N) is 3. The number of imidazole rings is 1. The van der Waals surface area contributed by atoms with E-state index in [1.807, 2.05) is 12.1 Å². The molecule has 7 heteroatoms. The molecule has 1 aromatic heterocycles. The number of aromatic nitrogens is 2. The minimum Gasteiger partial charge on any atom is -0.464 e. The number of carboxylic acid groups (broad SMARTS) is 1. The van der Waals surface area contributed by atoms with Crippen LogP contribution in [-0.2, 0) is 6.42 Å². The van der Waals surface area contributed by atoms with Crippen LogP contribution in [0.15, 0.2) is 23.0 Å². The van der Waals surface area contributed by atoms with Gasteiger partial charge in [0.25, 0.3) is 0 Å². The summed E-state index contributed by atoms with van der Waals surface area (Å²) in [6, 6.07) is 5.60. The Bertz CT molecular complexity index is 889. The Kier molecular flexibility index (Phi) is 6.35. The van der Waals surface area contributed by atoms with Gasteiger partial charge in [0, 0.05) is 32.7 Å². The van der Waals surface area contributed by atoms with Gasteiger partial charge in [-0.15, -0.1) is 0 Å². The van der Waals surface area contributed by atoms with Crippen LogP contribution in [0, 0.1) is 5.92 Å². The zero-order chi connectivity index (χ0) is 20.2. The van der Waals surface area contributed by atoms with Crippen molar-refractivity contribution in [2.45, 2.75) is 44.9 Å². The van der Waals surface area contributed by atoms with Gasteiger partial charge in [-0.05, 0) is 43.0 Å². The molecule has 2 fully saturated rings. The Hall–Kier alpha value is -2.12. The Morgan fingerprint density at radius 3 is 2.41 bits per heavy atom. The molecule has 0 spiro atoms. The molecule has 0 bridgehead atoms. The summed E-state index contributed by atoms with van der Waals surface area (Å²) >= 11 is 0. The second kappa shape index (κ2) is 9.13. The van der Waals surface area contributed by atoms with Crippen LogP contribution < -0.4 is 5.69 Å². The van der Waals surface area contributed by atoms with Gasteiger partial charge in [0.05, 0.1) is 11.0 Å². The zero-order valence-corrected chi connectivity index (χ0v) is 17.1. The van der Waals surface area contributed by atoms with E-state index >= 15 is 0 Å². The van der Waals surface area contributed by atoms with Crippen molar-refractivity contribution in [3.63, 3.8) is 0 Å². The van der Waals surface area contributed by atoms with E-state index in [1.54, 1.807) is 6.07 Å². The number of nitrogens with one attached hydrogen (secondary N) is 1. The van der Waals surface area contributed by atoms with Gasteiger partial charge >= 0.3 is 11.8 Å². The monoisotopic (exact) mass is 400 g/mol. The van der Waals surface area contributed by atoms with Crippen LogP contribution >= 0.6 is 0 Å². The summed E-state index contributed by atoms with van der Waals surface area (Å²) < 4.78 is 0.782. The quantitative estimate of drug-likeness (QED) is 0.779. The van der Waals surface area contributed by atoms with Crippen molar-refractivity contribution < 1.29 is 9.90 Å². The summed E-state index contributed by atoms with van der Waals surface area (Å²) in [5.41, 5.74) is 1.46. The fourth-order valence-electron chi connectivity index (χ4n) is 4.86. The van der Waals surface area contributed by atoms with E-state index in [9.17, 15) is 14.7 Å². The predicted octanol–water partition coefficient (Wildman–Crippen LogP) is 2.99. The van der Waals surface area contributed by atoms with E-state index in [4.69, 9.17) is 0 Å². The Morgan fingerprint density at radius 2 is 1.72 bits per heavy atom. The van der Waals surface area contributed by atoms with Crippen LogP contribution in [0.1, 0.15) is 44.1 Å². The highest BCUT2D eigenvalue weighted by atomic mass is 16.4. The molecule has 7 nitrogen and oxygen atoms in total. The van der Waals surface area contributed by atoms with Crippen LogP contribution in [0.4, 0.5) is 4.79 Å². The summed E-state index contributed by atoms with van der Waals surface area (Å²) in [6.45, 7) is 6.68. The van der Waals surface area contributed by atoms with Crippen LogP contribution in [0.3, 0.4) is 0 Å². The number of piperazine rings is 1. The molecule has 4 rings (SSSR count). The third-order valence-corrected chi connectivity index (χ3v) is 6.70. The van der Waals surface area contributed by atoms with Crippen molar-refractivity contribution >= 4 is 17.1 Å². The lowest BCUT2D eigenvalue weighted by Crippen LogP contribution is -2.47. The van der Waals surface area contributed by atoms with E-state index in [1.165, 1.54) is 45.1 Å². The lowest BCUT2D eigenvalue weighted by Gasteiger charge is -2.35. The van der Waals surface area contributed by atoms with Gasteiger partial charge < -0.3 is 19.9 Å². The number of fused-ring (bicyclic) bond motifs is 1. The Labute approximate surface area is 171 Å². The highest BCUT2D eigenvalue weighted by molar-refractivity contribution is 5.85. The second-order valence-corrected chi connectivity index (χ2v) is 8.63. The van der Waals surface area contributed by atoms with Gasteiger partial charge in [-0.2, -0.15) is 4.57 Å². The van der Waals surface area contributed by atoms with E-state index in [0.29, 0.717) is 11.0 Å². The largest absolute Gasteiger partial charge is 0.464 e. The molecule has 2 aliphatic rings. The first-order chi connectivity index (χ1) is 14.1. The molecular weight excluding hydrogens is 368 g/mol. The predicted molar refractivity (Wildman–Crippen MR) is 114 cm³/mol. The molecule has 29 heavy (non-hydrogen) atoms. The molecule has 1 saturated carbocycles. The third-order valence-electron chi connectivity index (χ3n) is 6.70. The molecule has 0 amide bonds. The van der Waals surface area contributed by atoms with Crippen molar-refractivity contribution in [3.8, 4) is 0 Å². The number of H-pyrrole nitrogens is 1. The van der Waals surface area contributed by atoms with Gasteiger partial charge in [0.2, 0.25) is 0 Å². The van der Waals surface area contributed by atoms with Crippen molar-refractivity contribution in [1.82, 2.24) is 19.4 Å². The molecule has 0 unspecified atom stereocenters. The highest BCUT2D eigenvalue weighted by Gasteiger charge is 2.19.